The third kappa shape index (κ3) is 4.51. The maximum Gasteiger partial charge on any atom is 0.321 e. The van der Waals surface area contributed by atoms with Crippen molar-refractivity contribution in [3.63, 3.8) is 0 Å². The lowest BCUT2D eigenvalue weighted by Gasteiger charge is -2.08. The molecule has 1 rings (SSSR count). The molecule has 1 heterocycles. The second kappa shape index (κ2) is 6.88. The van der Waals surface area contributed by atoms with Crippen LogP contribution in [0, 0.1) is 0 Å². The van der Waals surface area contributed by atoms with Gasteiger partial charge in [0.1, 0.15) is 0 Å². The standard InChI is InChI=1S/C9H14ClN3O2S/c1-3-15-8-11-7(10)12-9(13-8)16-6(2)4-5-14/h6,14H,3-5H2,1-2H3. The Morgan fingerprint density at radius 3 is 2.81 bits per heavy atom. The van der Waals surface area contributed by atoms with Gasteiger partial charge >= 0.3 is 6.01 Å². The van der Waals surface area contributed by atoms with E-state index in [9.17, 15) is 0 Å². The van der Waals surface area contributed by atoms with Gasteiger partial charge in [0, 0.05) is 11.9 Å². The van der Waals surface area contributed by atoms with E-state index < -0.39 is 0 Å². The minimum Gasteiger partial charge on any atom is -0.464 e. The highest BCUT2D eigenvalue weighted by Crippen LogP contribution is 2.23. The van der Waals surface area contributed by atoms with Crippen LogP contribution in [0.2, 0.25) is 5.28 Å². The highest BCUT2D eigenvalue weighted by molar-refractivity contribution is 7.99. The maximum atomic E-state index is 8.79. The molecule has 0 aliphatic rings. The molecular formula is C9H14ClN3O2S. The van der Waals surface area contributed by atoms with E-state index in [4.69, 9.17) is 21.4 Å². The predicted molar refractivity (Wildman–Crippen MR) is 63.0 cm³/mol. The molecule has 1 unspecified atom stereocenters. The first kappa shape index (κ1) is 13.5. The normalized spacial score (nSPS) is 12.5. The van der Waals surface area contributed by atoms with Crippen LogP contribution in [0.3, 0.4) is 0 Å². The first-order valence-electron chi connectivity index (χ1n) is 4.97. The van der Waals surface area contributed by atoms with Crippen molar-refractivity contribution in [2.45, 2.75) is 30.7 Å². The maximum absolute atomic E-state index is 8.79. The molecule has 0 fully saturated rings. The molecular weight excluding hydrogens is 250 g/mol. The van der Waals surface area contributed by atoms with Gasteiger partial charge in [-0.3, -0.25) is 0 Å². The molecule has 0 aliphatic carbocycles. The summed E-state index contributed by atoms with van der Waals surface area (Å²) < 4.78 is 5.16. The summed E-state index contributed by atoms with van der Waals surface area (Å²) in [6.45, 7) is 4.46. The van der Waals surface area contributed by atoms with Crippen molar-refractivity contribution in [2.75, 3.05) is 13.2 Å². The van der Waals surface area contributed by atoms with Crippen LogP contribution in [-0.2, 0) is 0 Å². The van der Waals surface area contributed by atoms with E-state index in [-0.39, 0.29) is 23.2 Å². The van der Waals surface area contributed by atoms with E-state index in [1.807, 2.05) is 13.8 Å². The van der Waals surface area contributed by atoms with Crippen LogP contribution in [0.25, 0.3) is 0 Å². The molecule has 0 amide bonds. The average Bonchev–Trinajstić information content (AvgIpc) is 2.17. The van der Waals surface area contributed by atoms with Crippen LogP contribution in [0.5, 0.6) is 6.01 Å². The van der Waals surface area contributed by atoms with Gasteiger partial charge in [0.05, 0.1) is 6.61 Å². The van der Waals surface area contributed by atoms with Gasteiger partial charge in [-0.05, 0) is 24.9 Å². The Balaban J connectivity index is 2.71. The summed E-state index contributed by atoms with van der Waals surface area (Å²) in [6.07, 6.45) is 0.679. The SMILES string of the molecule is CCOc1nc(Cl)nc(SC(C)CCO)n1. The van der Waals surface area contributed by atoms with Crippen LogP contribution in [0.1, 0.15) is 20.3 Å². The van der Waals surface area contributed by atoms with Crippen molar-refractivity contribution in [3.8, 4) is 6.01 Å². The summed E-state index contributed by atoms with van der Waals surface area (Å²) in [4.78, 5) is 11.9. The van der Waals surface area contributed by atoms with Gasteiger partial charge in [-0.25, -0.2) is 0 Å². The van der Waals surface area contributed by atoms with E-state index in [0.717, 1.165) is 0 Å². The molecule has 1 N–H and O–H groups in total. The highest BCUT2D eigenvalue weighted by atomic mass is 35.5. The van der Waals surface area contributed by atoms with Crippen molar-refractivity contribution in [2.24, 2.45) is 0 Å². The number of aromatic nitrogens is 3. The highest BCUT2D eigenvalue weighted by Gasteiger charge is 2.10. The van der Waals surface area contributed by atoms with Gasteiger partial charge in [-0.1, -0.05) is 18.7 Å². The lowest BCUT2D eigenvalue weighted by Crippen LogP contribution is -2.04. The van der Waals surface area contributed by atoms with Crippen molar-refractivity contribution in [1.82, 2.24) is 15.0 Å². The molecule has 5 nitrogen and oxygen atoms in total. The zero-order valence-corrected chi connectivity index (χ0v) is 10.8. The zero-order chi connectivity index (χ0) is 12.0. The Labute approximate surface area is 104 Å². The van der Waals surface area contributed by atoms with Crippen LogP contribution < -0.4 is 4.74 Å². The molecule has 90 valence electrons. The monoisotopic (exact) mass is 263 g/mol. The molecule has 0 spiro atoms. The Morgan fingerprint density at radius 1 is 1.44 bits per heavy atom. The largest absolute Gasteiger partial charge is 0.464 e. The summed E-state index contributed by atoms with van der Waals surface area (Å²) in [5, 5.41) is 9.65. The van der Waals surface area contributed by atoms with Crippen LogP contribution >= 0.6 is 23.4 Å². The zero-order valence-electron chi connectivity index (χ0n) is 9.18. The molecule has 1 aromatic rings. The van der Waals surface area contributed by atoms with E-state index in [2.05, 4.69) is 15.0 Å². The second-order valence-electron chi connectivity index (χ2n) is 3.04. The van der Waals surface area contributed by atoms with E-state index in [0.29, 0.717) is 18.2 Å². The van der Waals surface area contributed by atoms with Crippen molar-refractivity contribution in [1.29, 1.82) is 0 Å². The lowest BCUT2D eigenvalue weighted by atomic mass is 10.4. The van der Waals surface area contributed by atoms with Crippen LogP contribution in [-0.4, -0.2) is 38.5 Å². The fourth-order valence-corrected chi connectivity index (χ4v) is 2.04. The van der Waals surface area contributed by atoms with Gasteiger partial charge in [0.25, 0.3) is 0 Å². The summed E-state index contributed by atoms with van der Waals surface area (Å²) in [5.74, 6) is 0. The summed E-state index contributed by atoms with van der Waals surface area (Å²) in [7, 11) is 0. The van der Waals surface area contributed by atoms with Gasteiger partial charge in [0.15, 0.2) is 5.16 Å². The Bertz CT molecular complexity index is 341. The van der Waals surface area contributed by atoms with Crippen molar-refractivity contribution < 1.29 is 9.84 Å². The molecule has 7 heteroatoms. The first-order chi connectivity index (χ1) is 7.65. The number of nitrogens with zero attached hydrogens (tertiary/aromatic N) is 3. The third-order valence-corrected chi connectivity index (χ3v) is 2.88. The predicted octanol–water partition coefficient (Wildman–Crippen LogP) is 1.79. The second-order valence-corrected chi connectivity index (χ2v) is 4.79. The van der Waals surface area contributed by atoms with Gasteiger partial charge in [-0.15, -0.1) is 0 Å². The Kier molecular flexibility index (Phi) is 5.79. The number of rotatable bonds is 6. The van der Waals surface area contributed by atoms with Gasteiger partial charge in [0.2, 0.25) is 5.28 Å². The molecule has 0 saturated carbocycles. The topological polar surface area (TPSA) is 68.1 Å². The number of halogens is 1. The number of thioether (sulfide) groups is 1. The summed E-state index contributed by atoms with van der Waals surface area (Å²) in [5.41, 5.74) is 0. The minimum atomic E-state index is 0.122. The van der Waals surface area contributed by atoms with E-state index in [1.165, 1.54) is 11.8 Å². The fraction of sp³-hybridized carbons (Fsp3) is 0.667. The van der Waals surface area contributed by atoms with E-state index in [1.54, 1.807) is 0 Å². The smallest absolute Gasteiger partial charge is 0.321 e. The quantitative estimate of drug-likeness (QED) is 0.789. The average molecular weight is 264 g/mol. The molecule has 0 aromatic carbocycles. The van der Waals surface area contributed by atoms with E-state index >= 15 is 0 Å². The molecule has 16 heavy (non-hydrogen) atoms. The molecule has 0 bridgehead atoms. The Morgan fingerprint density at radius 2 is 2.19 bits per heavy atom. The minimum absolute atomic E-state index is 0.122. The number of ether oxygens (including phenoxy) is 1. The summed E-state index contributed by atoms with van der Waals surface area (Å²) >= 11 is 7.18. The number of aliphatic hydroxyl groups excluding tert-OH is 1. The molecule has 0 radical (unpaired) electrons. The van der Waals surface area contributed by atoms with Crippen LogP contribution in [0.4, 0.5) is 0 Å². The van der Waals surface area contributed by atoms with Crippen LogP contribution in [0.15, 0.2) is 5.16 Å². The van der Waals surface area contributed by atoms with Crippen molar-refractivity contribution >= 4 is 23.4 Å². The number of hydrogen-bond acceptors (Lipinski definition) is 6. The fourth-order valence-electron chi connectivity index (χ4n) is 0.982. The van der Waals surface area contributed by atoms with Crippen molar-refractivity contribution in [3.05, 3.63) is 5.28 Å². The summed E-state index contributed by atoms with van der Waals surface area (Å²) in [6, 6.07) is 0.237. The van der Waals surface area contributed by atoms with Gasteiger partial charge in [-0.2, -0.15) is 15.0 Å². The molecule has 1 aromatic heterocycles. The molecule has 0 saturated heterocycles. The molecule has 0 aliphatic heterocycles. The van der Waals surface area contributed by atoms with Gasteiger partial charge < -0.3 is 9.84 Å². The lowest BCUT2D eigenvalue weighted by molar-refractivity contribution is 0.288. The molecule has 1 atom stereocenters. The number of aliphatic hydroxyl groups is 1. The number of hydrogen-bond donors (Lipinski definition) is 1. The first-order valence-corrected chi connectivity index (χ1v) is 6.23. The third-order valence-electron chi connectivity index (χ3n) is 1.68. The Hall–Kier alpha value is -0.590.